The SMILES string of the molecule is CCC(C)(CC(C)(CC)C(F)(F)F)C(=O)O. The highest BCUT2D eigenvalue weighted by Crippen LogP contribution is 2.49. The molecule has 2 unspecified atom stereocenters. The highest BCUT2D eigenvalue weighted by molar-refractivity contribution is 5.74. The van der Waals surface area contributed by atoms with Gasteiger partial charge in [-0.1, -0.05) is 20.8 Å². The van der Waals surface area contributed by atoms with E-state index in [1.54, 1.807) is 6.92 Å². The highest BCUT2D eigenvalue weighted by Gasteiger charge is 2.53. The van der Waals surface area contributed by atoms with Gasteiger partial charge in [-0.3, -0.25) is 4.79 Å². The third-order valence-electron chi connectivity index (χ3n) is 3.54. The Morgan fingerprint density at radius 2 is 1.56 bits per heavy atom. The molecule has 2 atom stereocenters. The molecule has 16 heavy (non-hydrogen) atoms. The van der Waals surface area contributed by atoms with Gasteiger partial charge in [-0.25, -0.2) is 0 Å². The highest BCUT2D eigenvalue weighted by atomic mass is 19.4. The van der Waals surface area contributed by atoms with Crippen LogP contribution in [0.3, 0.4) is 0 Å². The van der Waals surface area contributed by atoms with Crippen LogP contribution in [0.1, 0.15) is 47.0 Å². The van der Waals surface area contributed by atoms with Crippen molar-refractivity contribution in [3.63, 3.8) is 0 Å². The lowest BCUT2D eigenvalue weighted by atomic mass is 9.70. The van der Waals surface area contributed by atoms with Crippen molar-refractivity contribution >= 4 is 5.97 Å². The molecule has 0 aromatic carbocycles. The van der Waals surface area contributed by atoms with E-state index in [0.717, 1.165) is 6.92 Å². The Hall–Kier alpha value is -0.740. The van der Waals surface area contributed by atoms with E-state index in [9.17, 15) is 18.0 Å². The largest absolute Gasteiger partial charge is 0.481 e. The van der Waals surface area contributed by atoms with Gasteiger partial charge in [0, 0.05) is 0 Å². The first-order chi connectivity index (χ1) is 7.02. The molecule has 0 amide bonds. The van der Waals surface area contributed by atoms with Gasteiger partial charge in [0.2, 0.25) is 0 Å². The summed E-state index contributed by atoms with van der Waals surface area (Å²) < 4.78 is 38.5. The molecule has 0 heterocycles. The van der Waals surface area contributed by atoms with E-state index in [1.807, 2.05) is 0 Å². The van der Waals surface area contributed by atoms with Crippen molar-refractivity contribution in [3.05, 3.63) is 0 Å². The fourth-order valence-corrected chi connectivity index (χ4v) is 1.64. The lowest BCUT2D eigenvalue weighted by Crippen LogP contribution is -2.42. The first kappa shape index (κ1) is 15.3. The Morgan fingerprint density at radius 3 is 1.75 bits per heavy atom. The molecule has 2 nitrogen and oxygen atoms in total. The molecule has 0 bridgehead atoms. The van der Waals surface area contributed by atoms with Crippen LogP contribution in [0.2, 0.25) is 0 Å². The first-order valence-electron chi connectivity index (χ1n) is 5.32. The minimum atomic E-state index is -4.37. The zero-order chi connectivity index (χ0) is 13.2. The van der Waals surface area contributed by atoms with Crippen LogP contribution in [0.15, 0.2) is 0 Å². The third-order valence-corrected chi connectivity index (χ3v) is 3.54. The van der Waals surface area contributed by atoms with Gasteiger partial charge in [0.15, 0.2) is 0 Å². The van der Waals surface area contributed by atoms with Gasteiger partial charge in [-0.15, -0.1) is 0 Å². The Bertz CT molecular complexity index is 262. The van der Waals surface area contributed by atoms with E-state index in [-0.39, 0.29) is 19.3 Å². The van der Waals surface area contributed by atoms with E-state index < -0.39 is 23.0 Å². The van der Waals surface area contributed by atoms with Gasteiger partial charge in [0.1, 0.15) is 0 Å². The third kappa shape index (κ3) is 2.89. The van der Waals surface area contributed by atoms with Crippen molar-refractivity contribution in [2.24, 2.45) is 10.8 Å². The normalized spacial score (nSPS) is 19.9. The summed E-state index contributed by atoms with van der Waals surface area (Å²) in [5, 5.41) is 8.99. The number of carboxylic acid groups (broad SMARTS) is 1. The van der Waals surface area contributed by atoms with Gasteiger partial charge < -0.3 is 5.11 Å². The summed E-state index contributed by atoms with van der Waals surface area (Å²) >= 11 is 0. The molecule has 0 aromatic rings. The quantitative estimate of drug-likeness (QED) is 0.792. The van der Waals surface area contributed by atoms with Crippen LogP contribution in [-0.2, 0) is 4.79 Å². The molecule has 1 N–H and O–H groups in total. The summed E-state index contributed by atoms with van der Waals surface area (Å²) in [5.41, 5.74) is -3.25. The molecule has 0 saturated carbocycles. The maximum Gasteiger partial charge on any atom is 0.394 e. The second kappa shape index (κ2) is 4.63. The fourth-order valence-electron chi connectivity index (χ4n) is 1.64. The van der Waals surface area contributed by atoms with E-state index in [0.29, 0.717) is 0 Å². The van der Waals surface area contributed by atoms with Gasteiger partial charge in [-0.2, -0.15) is 13.2 Å². The number of halogens is 3. The van der Waals surface area contributed by atoms with E-state index in [1.165, 1.54) is 13.8 Å². The molecule has 96 valence electrons. The molecular weight excluding hydrogens is 221 g/mol. The summed E-state index contributed by atoms with van der Waals surface area (Å²) in [6, 6.07) is 0. The zero-order valence-corrected chi connectivity index (χ0v) is 10.1. The van der Waals surface area contributed by atoms with Crippen LogP contribution < -0.4 is 0 Å². The van der Waals surface area contributed by atoms with Gasteiger partial charge >= 0.3 is 12.1 Å². The van der Waals surface area contributed by atoms with Crippen LogP contribution in [0.4, 0.5) is 13.2 Å². The molecule has 0 aliphatic carbocycles. The molecular formula is C11H19F3O2. The van der Waals surface area contributed by atoms with Gasteiger partial charge in [-0.05, 0) is 26.2 Å². The topological polar surface area (TPSA) is 37.3 Å². The van der Waals surface area contributed by atoms with Crippen LogP contribution in [0.25, 0.3) is 0 Å². The number of aliphatic carboxylic acids is 1. The van der Waals surface area contributed by atoms with Crippen molar-refractivity contribution in [1.82, 2.24) is 0 Å². The number of alkyl halides is 3. The number of hydrogen-bond acceptors (Lipinski definition) is 1. The average molecular weight is 240 g/mol. The molecule has 5 heteroatoms. The maximum absolute atomic E-state index is 12.8. The lowest BCUT2D eigenvalue weighted by Gasteiger charge is -2.37. The maximum atomic E-state index is 12.8. The number of hydrogen-bond donors (Lipinski definition) is 1. The number of carboxylic acids is 1. The molecule has 0 spiro atoms. The monoisotopic (exact) mass is 240 g/mol. The van der Waals surface area contributed by atoms with Crippen LogP contribution in [-0.4, -0.2) is 17.3 Å². The Kier molecular flexibility index (Phi) is 4.42. The van der Waals surface area contributed by atoms with Gasteiger partial charge in [0.25, 0.3) is 0 Å². The predicted molar refractivity (Wildman–Crippen MR) is 55.1 cm³/mol. The summed E-state index contributed by atoms with van der Waals surface area (Å²) in [5.74, 6) is -1.17. The molecule has 0 rings (SSSR count). The van der Waals surface area contributed by atoms with E-state index >= 15 is 0 Å². The van der Waals surface area contributed by atoms with E-state index in [2.05, 4.69) is 0 Å². The minimum Gasteiger partial charge on any atom is -0.481 e. The standard InChI is InChI=1S/C11H19F3O2/c1-5-9(3,8(15)16)7-10(4,6-2)11(12,13)14/h5-7H2,1-4H3,(H,15,16). The van der Waals surface area contributed by atoms with Crippen molar-refractivity contribution < 1.29 is 23.1 Å². The summed E-state index contributed by atoms with van der Waals surface area (Å²) in [6.07, 6.45) is -4.67. The van der Waals surface area contributed by atoms with Crippen LogP contribution >= 0.6 is 0 Å². The minimum absolute atomic E-state index is 0.112. The lowest BCUT2D eigenvalue weighted by molar-refractivity contribution is -0.230. The molecule has 0 radical (unpaired) electrons. The van der Waals surface area contributed by atoms with Crippen LogP contribution in [0.5, 0.6) is 0 Å². The van der Waals surface area contributed by atoms with Crippen LogP contribution in [0, 0.1) is 10.8 Å². The summed E-state index contributed by atoms with van der Waals surface area (Å²) in [4.78, 5) is 11.0. The van der Waals surface area contributed by atoms with Crippen molar-refractivity contribution in [3.8, 4) is 0 Å². The Balaban J connectivity index is 5.12. The Labute approximate surface area is 93.8 Å². The molecule has 0 saturated heterocycles. The summed E-state index contributed by atoms with van der Waals surface area (Å²) in [7, 11) is 0. The summed E-state index contributed by atoms with van der Waals surface area (Å²) in [6.45, 7) is 5.49. The molecule has 0 aliphatic heterocycles. The number of rotatable bonds is 5. The molecule has 0 aliphatic rings. The van der Waals surface area contributed by atoms with Crippen molar-refractivity contribution in [2.45, 2.75) is 53.1 Å². The second-order valence-corrected chi connectivity index (χ2v) is 4.81. The number of carbonyl (C=O) groups is 1. The predicted octanol–water partition coefficient (Wildman–Crippen LogP) is 3.86. The molecule has 0 fully saturated rings. The van der Waals surface area contributed by atoms with Crippen molar-refractivity contribution in [1.29, 1.82) is 0 Å². The average Bonchev–Trinajstić information content (AvgIpc) is 2.15. The van der Waals surface area contributed by atoms with E-state index in [4.69, 9.17) is 5.11 Å². The molecule has 0 aromatic heterocycles. The van der Waals surface area contributed by atoms with Crippen molar-refractivity contribution in [2.75, 3.05) is 0 Å². The zero-order valence-electron chi connectivity index (χ0n) is 10.1. The fraction of sp³-hybridized carbons (Fsp3) is 0.909. The van der Waals surface area contributed by atoms with Gasteiger partial charge in [0.05, 0.1) is 10.8 Å². The first-order valence-corrected chi connectivity index (χ1v) is 5.32. The second-order valence-electron chi connectivity index (χ2n) is 4.81. The smallest absolute Gasteiger partial charge is 0.394 e. The Morgan fingerprint density at radius 1 is 1.12 bits per heavy atom.